The summed E-state index contributed by atoms with van der Waals surface area (Å²) in [5, 5.41) is 36.8. The Bertz CT molecular complexity index is 2860. The number of aromatic amines is 1. The topological polar surface area (TPSA) is 204 Å². The van der Waals surface area contributed by atoms with Crippen molar-refractivity contribution in [1.29, 1.82) is 0 Å². The number of fused-ring (bicyclic) bond motifs is 9. The average Bonchev–Trinajstić information content (AvgIpc) is 3.65. The molecule has 14 nitrogen and oxygen atoms in total. The maximum Gasteiger partial charge on any atom is 0.508 e. The molecule has 1 aliphatic rings. The van der Waals surface area contributed by atoms with Crippen LogP contribution in [0.15, 0.2) is 59.7 Å². The van der Waals surface area contributed by atoms with E-state index in [1.807, 2.05) is 0 Å². The highest BCUT2D eigenvalue weighted by molar-refractivity contribution is 5.70. The second-order valence-electron chi connectivity index (χ2n) is 22.8. The number of carbonyl (C=O) groups excluding carboxylic acids is 1. The summed E-state index contributed by atoms with van der Waals surface area (Å²) in [6, 6.07) is 16.7. The monoisotopic (exact) mass is 958 g/mol. The lowest BCUT2D eigenvalue weighted by Crippen LogP contribution is -2.17. The van der Waals surface area contributed by atoms with Crippen molar-refractivity contribution < 1.29 is 39.1 Å². The first-order valence-electron chi connectivity index (χ1n) is 24.1. The first-order valence-corrected chi connectivity index (χ1v) is 24.1. The van der Waals surface area contributed by atoms with Crippen LogP contribution < -0.4 is 16.0 Å². The van der Waals surface area contributed by atoms with Crippen molar-refractivity contribution in [2.45, 2.75) is 144 Å². The number of nitrogens with zero attached hydrogens (tertiary/aromatic N) is 3. The molecule has 70 heavy (non-hydrogen) atoms. The number of carbonyl (C=O) groups is 1. The lowest BCUT2D eigenvalue weighted by molar-refractivity contribution is 0.0103. The number of H-pyrrole nitrogens is 1. The fourth-order valence-corrected chi connectivity index (χ4v) is 8.69. The molecular weight excluding hydrogens is 887 g/mol. The zero-order valence-electron chi connectivity index (χ0n) is 43.0. The Morgan fingerprint density at radius 2 is 0.986 bits per heavy atom. The summed E-state index contributed by atoms with van der Waals surface area (Å²) in [5.74, 6) is 1.09. The minimum Gasteiger partial charge on any atom is -0.507 e. The highest BCUT2D eigenvalue weighted by Gasteiger charge is 2.28. The van der Waals surface area contributed by atoms with Gasteiger partial charge in [-0.3, -0.25) is 14.3 Å². The number of nitrogen functional groups attached to an aromatic ring is 1. The molecule has 8 bridgehead atoms. The molecule has 14 heteroatoms. The zero-order valence-corrected chi connectivity index (χ0v) is 43.0. The van der Waals surface area contributed by atoms with E-state index < -0.39 is 11.7 Å². The molecule has 0 amide bonds. The van der Waals surface area contributed by atoms with Gasteiger partial charge in [-0.1, -0.05) is 132 Å². The third-order valence-electron chi connectivity index (χ3n) is 13.0. The maximum atomic E-state index is 12.6. The van der Waals surface area contributed by atoms with E-state index in [4.69, 9.17) is 24.7 Å². The van der Waals surface area contributed by atoms with E-state index in [2.05, 4.69) is 147 Å². The number of hydrogen-bond donors (Lipinski definition) is 5. The van der Waals surface area contributed by atoms with Crippen LogP contribution >= 0.6 is 0 Å². The molecule has 0 saturated heterocycles. The van der Waals surface area contributed by atoms with Crippen LogP contribution in [0.25, 0.3) is 11.2 Å². The van der Waals surface area contributed by atoms with Crippen LogP contribution in [-0.4, -0.2) is 67.4 Å². The van der Waals surface area contributed by atoms with Crippen LogP contribution in [0.4, 0.5) is 10.7 Å². The number of phenols is 3. The number of nitrogens with two attached hydrogens (primary N) is 1. The molecule has 0 saturated carbocycles. The minimum absolute atomic E-state index is 0.00554. The lowest BCUT2D eigenvalue weighted by atomic mass is 9.79. The van der Waals surface area contributed by atoms with E-state index in [0.29, 0.717) is 47.3 Å². The van der Waals surface area contributed by atoms with Gasteiger partial charge in [-0.2, -0.15) is 4.98 Å². The molecule has 0 fully saturated rings. The Balaban J connectivity index is 1.20. The van der Waals surface area contributed by atoms with Gasteiger partial charge >= 0.3 is 6.16 Å². The molecule has 0 unspecified atom stereocenters. The van der Waals surface area contributed by atoms with Crippen molar-refractivity contribution in [2.24, 2.45) is 0 Å². The molecule has 7 rings (SSSR count). The summed E-state index contributed by atoms with van der Waals surface area (Å²) in [7, 11) is 0. The molecule has 0 atom stereocenters. The molecule has 6 aromatic rings. The summed E-state index contributed by atoms with van der Waals surface area (Å²) in [4.78, 5) is 35.3. The number of rotatable bonds is 10. The van der Waals surface area contributed by atoms with E-state index in [0.717, 1.165) is 44.5 Å². The SMILES string of the molecule is CC(C)(C)c1cc2c(O)c(c1)Cc1cc(C(C)(C)C)cc(c1O)Cc1cc(C(C)(C)C)cc(c1OCCCOC(=O)OCCOCn1cnc3c(=O)[nH]c(N)nc31)Cc1cc(C(C)(C)C)cc(c1O)C2. The van der Waals surface area contributed by atoms with E-state index in [-0.39, 0.29) is 102 Å². The molecule has 2 heterocycles. The first-order chi connectivity index (χ1) is 32.7. The van der Waals surface area contributed by atoms with E-state index in [9.17, 15) is 24.9 Å². The summed E-state index contributed by atoms with van der Waals surface area (Å²) in [5.41, 5.74) is 14.8. The summed E-state index contributed by atoms with van der Waals surface area (Å²) < 4.78 is 24.6. The third-order valence-corrected chi connectivity index (χ3v) is 13.0. The molecular formula is C56H71N5O9. The number of ether oxygens (including phenoxy) is 4. The quantitative estimate of drug-likeness (QED) is 0.0642. The summed E-state index contributed by atoms with van der Waals surface area (Å²) >= 11 is 0. The van der Waals surface area contributed by atoms with Crippen molar-refractivity contribution in [3.63, 3.8) is 0 Å². The van der Waals surface area contributed by atoms with E-state index in [1.54, 1.807) is 0 Å². The zero-order chi connectivity index (χ0) is 51.1. The van der Waals surface area contributed by atoms with Gasteiger partial charge < -0.3 is 40.0 Å². The smallest absolute Gasteiger partial charge is 0.507 e. The van der Waals surface area contributed by atoms with Crippen molar-refractivity contribution in [3.05, 3.63) is 132 Å². The van der Waals surface area contributed by atoms with Crippen LogP contribution in [0.2, 0.25) is 0 Å². The molecule has 0 spiro atoms. The van der Waals surface area contributed by atoms with Crippen LogP contribution in [0.3, 0.4) is 0 Å². The Labute approximate surface area is 411 Å². The normalized spacial score (nSPS) is 13.4. The minimum atomic E-state index is -0.856. The van der Waals surface area contributed by atoms with Gasteiger partial charge in [0.25, 0.3) is 5.56 Å². The van der Waals surface area contributed by atoms with Gasteiger partial charge in [0, 0.05) is 32.1 Å². The van der Waals surface area contributed by atoms with Crippen molar-refractivity contribution in [1.82, 2.24) is 19.5 Å². The Morgan fingerprint density at radius 3 is 1.40 bits per heavy atom. The maximum absolute atomic E-state index is 12.6. The van der Waals surface area contributed by atoms with E-state index in [1.165, 1.54) is 10.9 Å². The van der Waals surface area contributed by atoms with Crippen molar-refractivity contribution in [2.75, 3.05) is 32.2 Å². The lowest BCUT2D eigenvalue weighted by Gasteiger charge is -2.27. The molecule has 0 radical (unpaired) electrons. The Hall–Kier alpha value is -6.54. The molecule has 0 aliphatic heterocycles. The highest BCUT2D eigenvalue weighted by atomic mass is 16.7. The average molecular weight is 958 g/mol. The second kappa shape index (κ2) is 19.7. The Kier molecular flexibility index (Phi) is 14.4. The predicted molar refractivity (Wildman–Crippen MR) is 273 cm³/mol. The molecule has 1 aliphatic carbocycles. The first kappa shape index (κ1) is 51.3. The number of imidazole rings is 1. The van der Waals surface area contributed by atoms with Crippen molar-refractivity contribution in [3.8, 4) is 23.0 Å². The van der Waals surface area contributed by atoms with Crippen LogP contribution in [0.1, 0.15) is 156 Å². The van der Waals surface area contributed by atoms with Gasteiger partial charge in [-0.15, -0.1) is 0 Å². The fourth-order valence-electron chi connectivity index (χ4n) is 8.69. The fraction of sp³-hybridized carbons (Fsp3) is 0.464. The number of aromatic nitrogens is 4. The summed E-state index contributed by atoms with van der Waals surface area (Å²) in [6.45, 7) is 26.1. The molecule has 4 aromatic carbocycles. The Morgan fingerprint density at radius 1 is 0.600 bits per heavy atom. The standard InChI is InChI=1S/C56H71N5O9/c1-53(2,3)40-22-32-18-34-24-41(54(4,5)6)26-36(46(34)63)20-38-28-43(56(10,11)12)29-39(21-37-27-42(55(7,8)9)25-35(47(37)64)19-33(23-40)45(32)62)48(38)68-14-13-15-69-52(66)70-17-16-67-31-61-30-58-44-49(61)59-51(57)60-50(44)65/h22-30,62-64H,13-21,31H2,1-12H3,(H3,57,59,60,65). The predicted octanol–water partition coefficient (Wildman–Crippen LogP) is 10.3. The number of hydrogen-bond acceptors (Lipinski definition) is 12. The number of benzene rings is 4. The second-order valence-corrected chi connectivity index (χ2v) is 22.8. The van der Waals surface area contributed by atoms with Gasteiger partial charge in [0.1, 0.15) is 36.3 Å². The van der Waals surface area contributed by atoms with E-state index >= 15 is 0 Å². The van der Waals surface area contributed by atoms with Crippen molar-refractivity contribution >= 4 is 23.3 Å². The molecule has 2 aromatic heterocycles. The third kappa shape index (κ3) is 11.7. The summed E-state index contributed by atoms with van der Waals surface area (Å²) in [6.07, 6.45) is 2.14. The number of nitrogens with one attached hydrogen (secondary N) is 1. The number of aromatic hydroxyl groups is 3. The highest BCUT2D eigenvalue weighted by Crippen LogP contribution is 2.43. The van der Waals surface area contributed by atoms with Crippen LogP contribution in [0.5, 0.6) is 23.0 Å². The number of phenolic OH excluding ortho intramolecular Hbond substituents is 3. The molecule has 6 N–H and O–H groups in total. The van der Waals surface area contributed by atoms with Gasteiger partial charge in [0.05, 0.1) is 26.1 Å². The van der Waals surface area contributed by atoms with Crippen LogP contribution in [0, 0.1) is 0 Å². The van der Waals surface area contributed by atoms with Gasteiger partial charge in [0.15, 0.2) is 11.2 Å². The van der Waals surface area contributed by atoms with Gasteiger partial charge in [-0.05, 0) is 88.4 Å². The van der Waals surface area contributed by atoms with Crippen LogP contribution in [-0.2, 0) is 68.3 Å². The number of anilines is 1. The van der Waals surface area contributed by atoms with Gasteiger partial charge in [0.2, 0.25) is 5.95 Å². The van der Waals surface area contributed by atoms with Gasteiger partial charge in [-0.25, -0.2) is 9.78 Å². The largest absolute Gasteiger partial charge is 0.508 e. The molecule has 374 valence electrons.